The van der Waals surface area contributed by atoms with Crippen molar-refractivity contribution in [3.63, 3.8) is 0 Å². The van der Waals surface area contributed by atoms with Gasteiger partial charge in [0.05, 0.1) is 17.7 Å². The Morgan fingerprint density at radius 3 is 2.52 bits per heavy atom. The van der Waals surface area contributed by atoms with E-state index < -0.39 is 23.5 Å². The van der Waals surface area contributed by atoms with Crippen LogP contribution in [0.3, 0.4) is 0 Å². The zero-order valence-electron chi connectivity index (χ0n) is 16.8. The first-order chi connectivity index (χ1) is 15.8. The van der Waals surface area contributed by atoms with E-state index in [2.05, 4.69) is 20.4 Å². The molecule has 0 unspecified atom stereocenters. The molecule has 0 atom stereocenters. The van der Waals surface area contributed by atoms with Crippen LogP contribution in [-0.2, 0) is 12.7 Å². The molecule has 4 aromatic rings. The first-order valence-electron chi connectivity index (χ1n) is 9.54. The third-order valence-corrected chi connectivity index (χ3v) is 4.47. The Bertz CT molecular complexity index is 1280. The molecule has 0 aliphatic carbocycles. The third-order valence-electron chi connectivity index (χ3n) is 4.47. The fraction of sp³-hybridized carbons (Fsp3) is 0.0909. The number of amides is 1. The molecular formula is C22H15F4N5O2. The second kappa shape index (κ2) is 9.07. The lowest BCUT2D eigenvalue weighted by atomic mass is 10.1. The number of carbonyl (C=O) groups excluding carboxylic acids is 1. The van der Waals surface area contributed by atoms with Crippen molar-refractivity contribution >= 4 is 11.7 Å². The first-order valence-corrected chi connectivity index (χ1v) is 9.54. The molecule has 0 saturated heterocycles. The maximum atomic E-state index is 13.8. The number of ether oxygens (including phenoxy) is 1. The molecule has 0 aliphatic heterocycles. The number of hydrogen-bond acceptors (Lipinski definition) is 5. The Morgan fingerprint density at radius 1 is 1.03 bits per heavy atom. The largest absolute Gasteiger partial charge is 0.424 e. The van der Waals surface area contributed by atoms with Gasteiger partial charge >= 0.3 is 12.2 Å². The summed E-state index contributed by atoms with van der Waals surface area (Å²) in [7, 11) is 0. The van der Waals surface area contributed by atoms with Crippen molar-refractivity contribution < 1.29 is 27.1 Å². The van der Waals surface area contributed by atoms with E-state index in [1.807, 2.05) is 0 Å². The first kappa shape index (κ1) is 21.9. The quantitative estimate of drug-likeness (QED) is 0.416. The lowest BCUT2D eigenvalue weighted by Crippen LogP contribution is -2.15. The second-order valence-corrected chi connectivity index (χ2v) is 6.78. The molecule has 0 radical (unpaired) electrons. The van der Waals surface area contributed by atoms with Crippen LogP contribution in [0.15, 0.2) is 73.2 Å². The molecule has 11 heteroatoms. The van der Waals surface area contributed by atoms with E-state index >= 15 is 0 Å². The highest BCUT2D eigenvalue weighted by Gasteiger charge is 2.34. The van der Waals surface area contributed by atoms with E-state index in [1.54, 1.807) is 6.07 Å². The number of carbonyl (C=O) groups is 1. The molecule has 2 heterocycles. The Kier molecular flexibility index (Phi) is 6.03. The van der Waals surface area contributed by atoms with Crippen LogP contribution >= 0.6 is 0 Å². The fourth-order valence-corrected chi connectivity index (χ4v) is 2.98. The van der Waals surface area contributed by atoms with Gasteiger partial charge in [-0.1, -0.05) is 18.2 Å². The number of hydrogen-bond donors (Lipinski definition) is 1. The van der Waals surface area contributed by atoms with Crippen molar-refractivity contribution in [1.29, 1.82) is 0 Å². The number of nitrogens with zero attached hydrogens (tertiary/aromatic N) is 4. The van der Waals surface area contributed by atoms with Gasteiger partial charge in [-0.2, -0.15) is 18.3 Å². The maximum Gasteiger partial charge on any atom is 0.416 e. The van der Waals surface area contributed by atoms with Crippen molar-refractivity contribution in [2.24, 2.45) is 0 Å². The van der Waals surface area contributed by atoms with Gasteiger partial charge in [0.1, 0.15) is 11.6 Å². The predicted octanol–water partition coefficient (Wildman–Crippen LogP) is 4.92. The van der Waals surface area contributed by atoms with E-state index in [1.165, 1.54) is 59.7 Å². The fourth-order valence-electron chi connectivity index (χ4n) is 2.98. The number of halogens is 4. The Hall–Kier alpha value is -4.28. The molecule has 168 valence electrons. The average Bonchev–Trinajstić information content (AvgIpc) is 3.21. The summed E-state index contributed by atoms with van der Waals surface area (Å²) in [6.45, 7) is -0.230. The molecule has 7 nitrogen and oxygen atoms in total. The summed E-state index contributed by atoms with van der Waals surface area (Å²) in [5, 5.41) is 6.48. The van der Waals surface area contributed by atoms with E-state index in [0.29, 0.717) is 0 Å². The molecule has 33 heavy (non-hydrogen) atoms. The van der Waals surface area contributed by atoms with Crippen LogP contribution in [0.5, 0.6) is 11.8 Å². The van der Waals surface area contributed by atoms with Gasteiger partial charge in [-0.05, 0) is 35.9 Å². The monoisotopic (exact) mass is 457 g/mol. The molecule has 0 fully saturated rings. The highest BCUT2D eigenvalue weighted by molar-refractivity contribution is 6.03. The SMILES string of the molecule is O=C(Nc1ccn(Cc2ccc(Oc3ncccn3)cc2C(F)(F)F)n1)c1ccccc1F. The van der Waals surface area contributed by atoms with Gasteiger partial charge in [-0.25, -0.2) is 14.4 Å². The van der Waals surface area contributed by atoms with Crippen molar-refractivity contribution in [2.45, 2.75) is 12.7 Å². The lowest BCUT2D eigenvalue weighted by molar-refractivity contribution is -0.138. The number of aromatic nitrogens is 4. The van der Waals surface area contributed by atoms with Crippen LogP contribution in [0.4, 0.5) is 23.4 Å². The summed E-state index contributed by atoms with van der Waals surface area (Å²) in [6.07, 6.45) is -0.441. The molecule has 1 N–H and O–H groups in total. The molecular weight excluding hydrogens is 442 g/mol. The van der Waals surface area contributed by atoms with Crippen molar-refractivity contribution in [1.82, 2.24) is 19.7 Å². The van der Waals surface area contributed by atoms with Crippen LogP contribution in [0.1, 0.15) is 21.5 Å². The van der Waals surface area contributed by atoms with Crippen LogP contribution in [0.25, 0.3) is 0 Å². The number of anilines is 1. The van der Waals surface area contributed by atoms with Gasteiger partial charge in [0.2, 0.25) is 0 Å². The third kappa shape index (κ3) is 5.32. The summed E-state index contributed by atoms with van der Waals surface area (Å²) >= 11 is 0. The van der Waals surface area contributed by atoms with E-state index in [9.17, 15) is 22.4 Å². The molecule has 0 aliphatic rings. The topological polar surface area (TPSA) is 81.9 Å². The van der Waals surface area contributed by atoms with Crippen LogP contribution in [0.2, 0.25) is 0 Å². The van der Waals surface area contributed by atoms with Gasteiger partial charge in [-0.3, -0.25) is 9.48 Å². The molecule has 4 rings (SSSR count). The number of benzene rings is 2. The summed E-state index contributed by atoms with van der Waals surface area (Å²) in [5.74, 6) is -1.43. The van der Waals surface area contributed by atoms with Gasteiger partial charge in [-0.15, -0.1) is 0 Å². The highest BCUT2D eigenvalue weighted by atomic mass is 19.4. The Labute approximate surface area is 184 Å². The van der Waals surface area contributed by atoms with Crippen LogP contribution in [-0.4, -0.2) is 25.7 Å². The Balaban J connectivity index is 1.52. The zero-order chi connectivity index (χ0) is 23.4. The number of nitrogens with one attached hydrogen (secondary N) is 1. The predicted molar refractivity (Wildman–Crippen MR) is 109 cm³/mol. The van der Waals surface area contributed by atoms with Crippen molar-refractivity contribution in [3.05, 3.63) is 95.7 Å². The number of rotatable bonds is 6. The van der Waals surface area contributed by atoms with Crippen LogP contribution in [0, 0.1) is 5.82 Å². The smallest absolute Gasteiger partial charge is 0.416 e. The summed E-state index contributed by atoms with van der Waals surface area (Å²) in [4.78, 5) is 19.8. The number of alkyl halides is 3. The van der Waals surface area contributed by atoms with Gasteiger partial charge < -0.3 is 10.1 Å². The van der Waals surface area contributed by atoms with Crippen LogP contribution < -0.4 is 10.1 Å². The van der Waals surface area contributed by atoms with E-state index in [4.69, 9.17) is 4.74 Å². The normalized spacial score (nSPS) is 11.3. The molecule has 2 aromatic heterocycles. The zero-order valence-corrected chi connectivity index (χ0v) is 16.8. The van der Waals surface area contributed by atoms with Crippen molar-refractivity contribution in [2.75, 3.05) is 5.32 Å². The van der Waals surface area contributed by atoms with Gasteiger partial charge in [0, 0.05) is 24.7 Å². The summed E-state index contributed by atoms with van der Waals surface area (Å²) in [6, 6.07) is 11.8. The minimum Gasteiger partial charge on any atom is -0.424 e. The lowest BCUT2D eigenvalue weighted by Gasteiger charge is -2.14. The molecule has 0 spiro atoms. The minimum atomic E-state index is -4.65. The van der Waals surface area contributed by atoms with Crippen molar-refractivity contribution in [3.8, 4) is 11.8 Å². The average molecular weight is 457 g/mol. The highest BCUT2D eigenvalue weighted by Crippen LogP contribution is 2.35. The molecule has 0 saturated carbocycles. The van der Waals surface area contributed by atoms with E-state index in [-0.39, 0.29) is 35.2 Å². The van der Waals surface area contributed by atoms with Gasteiger partial charge in [0.25, 0.3) is 5.91 Å². The standard InChI is InChI=1S/C22H15F4N5O2/c23-18-5-2-1-4-16(18)20(32)29-19-8-11-31(30-19)13-14-6-7-15(12-17(14)22(24,25)26)33-21-27-9-3-10-28-21/h1-12H,13H2,(H,29,30,32). The summed E-state index contributed by atoms with van der Waals surface area (Å²) < 4.78 is 61.3. The second-order valence-electron chi connectivity index (χ2n) is 6.78. The van der Waals surface area contributed by atoms with E-state index in [0.717, 1.165) is 12.1 Å². The maximum absolute atomic E-state index is 13.8. The molecule has 1 amide bonds. The Morgan fingerprint density at radius 2 is 1.79 bits per heavy atom. The molecule has 2 aromatic carbocycles. The minimum absolute atomic E-state index is 0.0676. The molecule has 0 bridgehead atoms. The summed E-state index contributed by atoms with van der Waals surface area (Å²) in [5.41, 5.74) is -1.16. The van der Waals surface area contributed by atoms with Gasteiger partial charge in [0.15, 0.2) is 5.82 Å².